The minimum Gasteiger partial charge on any atom is -0.478 e. The highest BCUT2D eigenvalue weighted by Crippen LogP contribution is 2.19. The number of carboxylic acid groups (broad SMARTS) is 1. The predicted molar refractivity (Wildman–Crippen MR) is 73.2 cm³/mol. The molecule has 0 aromatic heterocycles. The molecule has 0 radical (unpaired) electrons. The number of carbonyl (C=O) groups excluding carboxylic acids is 1. The summed E-state index contributed by atoms with van der Waals surface area (Å²) >= 11 is 0. The van der Waals surface area contributed by atoms with Gasteiger partial charge < -0.3 is 10.4 Å². The van der Waals surface area contributed by atoms with E-state index in [-0.39, 0.29) is 11.3 Å². The Kier molecular flexibility index (Phi) is 4.34. The van der Waals surface area contributed by atoms with Crippen LogP contribution in [0.25, 0.3) is 0 Å². The van der Waals surface area contributed by atoms with Gasteiger partial charge in [-0.05, 0) is 43.5 Å². The van der Waals surface area contributed by atoms with E-state index < -0.39 is 5.97 Å². The van der Waals surface area contributed by atoms with E-state index >= 15 is 0 Å². The van der Waals surface area contributed by atoms with Gasteiger partial charge in [-0.15, -0.1) is 0 Å². The van der Waals surface area contributed by atoms with Crippen molar-refractivity contribution in [2.75, 3.05) is 5.32 Å². The third-order valence-electron chi connectivity index (χ3n) is 3.25. The van der Waals surface area contributed by atoms with E-state index in [1.165, 1.54) is 12.1 Å². The standard InChI is InChI=1S/C15H17NO3/c17-14-5-3-1-2-4-12(14)10-16-13-8-6-11(7-9-13)15(18)19/h6-10,16H,1-5H2,(H,18,19)/b12-10+. The summed E-state index contributed by atoms with van der Waals surface area (Å²) in [6.45, 7) is 0. The minimum atomic E-state index is -0.941. The van der Waals surface area contributed by atoms with Gasteiger partial charge in [0.2, 0.25) is 0 Å². The Bertz CT molecular complexity index is 503. The number of ketones is 1. The fourth-order valence-electron chi connectivity index (χ4n) is 2.11. The van der Waals surface area contributed by atoms with Crippen molar-refractivity contribution in [2.24, 2.45) is 0 Å². The molecule has 2 rings (SSSR count). The first-order valence-corrected chi connectivity index (χ1v) is 6.49. The second kappa shape index (κ2) is 6.18. The summed E-state index contributed by atoms with van der Waals surface area (Å²) in [5, 5.41) is 11.9. The van der Waals surface area contributed by atoms with Crippen molar-refractivity contribution in [1.29, 1.82) is 0 Å². The Hall–Kier alpha value is -2.10. The van der Waals surface area contributed by atoms with Gasteiger partial charge in [0.05, 0.1) is 5.56 Å². The Morgan fingerprint density at radius 1 is 1.11 bits per heavy atom. The van der Waals surface area contributed by atoms with E-state index in [2.05, 4.69) is 5.32 Å². The molecule has 2 N–H and O–H groups in total. The molecule has 0 saturated heterocycles. The highest BCUT2D eigenvalue weighted by molar-refractivity contribution is 5.95. The number of carbonyl (C=O) groups is 2. The van der Waals surface area contributed by atoms with E-state index in [4.69, 9.17) is 5.11 Å². The van der Waals surface area contributed by atoms with Crippen LogP contribution >= 0.6 is 0 Å². The Morgan fingerprint density at radius 2 is 1.79 bits per heavy atom. The summed E-state index contributed by atoms with van der Waals surface area (Å²) in [5.41, 5.74) is 1.87. The molecule has 1 aliphatic rings. The second-order valence-electron chi connectivity index (χ2n) is 4.68. The minimum absolute atomic E-state index is 0.215. The number of aromatic carboxylic acids is 1. The third-order valence-corrected chi connectivity index (χ3v) is 3.25. The van der Waals surface area contributed by atoms with Crippen LogP contribution in [0.4, 0.5) is 5.69 Å². The van der Waals surface area contributed by atoms with Gasteiger partial charge in [0.1, 0.15) is 0 Å². The highest BCUT2D eigenvalue weighted by atomic mass is 16.4. The van der Waals surface area contributed by atoms with Crippen LogP contribution in [-0.4, -0.2) is 16.9 Å². The first-order valence-electron chi connectivity index (χ1n) is 6.49. The number of nitrogens with one attached hydrogen (secondary N) is 1. The normalized spacial score (nSPS) is 18.1. The van der Waals surface area contributed by atoms with E-state index in [1.54, 1.807) is 18.3 Å². The summed E-state index contributed by atoms with van der Waals surface area (Å²) < 4.78 is 0. The maximum atomic E-state index is 11.8. The molecular formula is C15H17NO3. The zero-order chi connectivity index (χ0) is 13.7. The van der Waals surface area contributed by atoms with Gasteiger partial charge in [-0.1, -0.05) is 6.42 Å². The summed E-state index contributed by atoms with van der Waals surface area (Å²) in [5.74, 6) is -0.726. The zero-order valence-corrected chi connectivity index (χ0v) is 10.7. The van der Waals surface area contributed by atoms with Crippen molar-refractivity contribution in [3.05, 3.63) is 41.6 Å². The summed E-state index contributed by atoms with van der Waals surface area (Å²) in [4.78, 5) is 22.5. The van der Waals surface area contributed by atoms with Gasteiger partial charge in [-0.25, -0.2) is 4.79 Å². The van der Waals surface area contributed by atoms with E-state index in [0.29, 0.717) is 6.42 Å². The SMILES string of the molecule is O=C1CCCCC/C1=C\Nc1ccc(C(=O)O)cc1. The fraction of sp³-hybridized carbons (Fsp3) is 0.333. The Labute approximate surface area is 112 Å². The van der Waals surface area contributed by atoms with Crippen molar-refractivity contribution in [2.45, 2.75) is 32.1 Å². The number of hydrogen-bond donors (Lipinski definition) is 2. The molecule has 0 aliphatic heterocycles. The van der Waals surface area contributed by atoms with Gasteiger partial charge in [-0.2, -0.15) is 0 Å². The molecule has 100 valence electrons. The molecule has 1 aromatic carbocycles. The van der Waals surface area contributed by atoms with Crippen LogP contribution in [0, 0.1) is 0 Å². The van der Waals surface area contributed by atoms with Crippen molar-refractivity contribution in [1.82, 2.24) is 0 Å². The van der Waals surface area contributed by atoms with Crippen LogP contribution in [0.15, 0.2) is 36.0 Å². The third kappa shape index (κ3) is 3.68. The first kappa shape index (κ1) is 13.3. The van der Waals surface area contributed by atoms with Crippen LogP contribution in [0.3, 0.4) is 0 Å². The Balaban J connectivity index is 2.04. The molecule has 1 aliphatic carbocycles. The first-order chi connectivity index (χ1) is 9.16. The molecule has 1 aromatic rings. The van der Waals surface area contributed by atoms with Gasteiger partial charge in [0, 0.05) is 23.9 Å². The summed E-state index contributed by atoms with van der Waals surface area (Å²) in [7, 11) is 0. The zero-order valence-electron chi connectivity index (χ0n) is 10.7. The van der Waals surface area contributed by atoms with Crippen molar-refractivity contribution in [3.63, 3.8) is 0 Å². The van der Waals surface area contributed by atoms with Crippen molar-refractivity contribution < 1.29 is 14.7 Å². The smallest absolute Gasteiger partial charge is 0.335 e. The number of benzene rings is 1. The van der Waals surface area contributed by atoms with Gasteiger partial charge in [-0.3, -0.25) is 4.79 Å². The number of allylic oxidation sites excluding steroid dienone is 1. The molecule has 1 saturated carbocycles. The number of rotatable bonds is 3. The number of anilines is 1. The maximum absolute atomic E-state index is 11.8. The number of Topliss-reactive ketones (excluding diaryl/α,β-unsaturated/α-hetero) is 1. The van der Waals surface area contributed by atoms with Crippen LogP contribution < -0.4 is 5.32 Å². The lowest BCUT2D eigenvalue weighted by Gasteiger charge is -2.05. The fourth-order valence-corrected chi connectivity index (χ4v) is 2.11. The molecule has 0 atom stereocenters. The number of carboxylic acids is 1. The van der Waals surface area contributed by atoms with Crippen LogP contribution in [0.2, 0.25) is 0 Å². The monoisotopic (exact) mass is 259 g/mol. The average Bonchev–Trinajstić information content (AvgIpc) is 2.61. The van der Waals surface area contributed by atoms with Gasteiger partial charge >= 0.3 is 5.97 Å². The molecule has 4 nitrogen and oxygen atoms in total. The predicted octanol–water partition coefficient (Wildman–Crippen LogP) is 3.21. The average molecular weight is 259 g/mol. The highest BCUT2D eigenvalue weighted by Gasteiger charge is 2.12. The van der Waals surface area contributed by atoms with E-state index in [1.807, 2.05) is 0 Å². The van der Waals surface area contributed by atoms with E-state index in [9.17, 15) is 9.59 Å². The molecule has 0 heterocycles. The molecular weight excluding hydrogens is 242 g/mol. The van der Waals surface area contributed by atoms with Crippen molar-refractivity contribution >= 4 is 17.4 Å². The second-order valence-corrected chi connectivity index (χ2v) is 4.68. The van der Waals surface area contributed by atoms with Crippen LogP contribution in [0.5, 0.6) is 0 Å². The molecule has 0 unspecified atom stereocenters. The van der Waals surface area contributed by atoms with E-state index in [0.717, 1.165) is 36.9 Å². The topological polar surface area (TPSA) is 66.4 Å². The van der Waals surface area contributed by atoms with Gasteiger partial charge in [0.25, 0.3) is 0 Å². The van der Waals surface area contributed by atoms with Gasteiger partial charge in [0.15, 0.2) is 5.78 Å². The Morgan fingerprint density at radius 3 is 2.47 bits per heavy atom. The molecule has 19 heavy (non-hydrogen) atoms. The van der Waals surface area contributed by atoms with Crippen molar-refractivity contribution in [3.8, 4) is 0 Å². The molecule has 1 fully saturated rings. The molecule has 4 heteroatoms. The lowest BCUT2D eigenvalue weighted by molar-refractivity contribution is -0.115. The lowest BCUT2D eigenvalue weighted by atomic mass is 10.1. The van der Waals surface area contributed by atoms with Crippen LogP contribution in [-0.2, 0) is 4.79 Å². The quantitative estimate of drug-likeness (QED) is 0.646. The maximum Gasteiger partial charge on any atom is 0.335 e. The number of hydrogen-bond acceptors (Lipinski definition) is 3. The largest absolute Gasteiger partial charge is 0.478 e. The molecule has 0 spiro atoms. The summed E-state index contributed by atoms with van der Waals surface area (Å²) in [6.07, 6.45) is 6.34. The molecule has 0 bridgehead atoms. The summed E-state index contributed by atoms with van der Waals surface area (Å²) in [6, 6.07) is 6.47. The molecule has 0 amide bonds. The lowest BCUT2D eigenvalue weighted by Crippen LogP contribution is -2.02. The van der Waals surface area contributed by atoms with Crippen LogP contribution in [0.1, 0.15) is 42.5 Å².